The molecule has 0 bridgehead atoms. The zero-order valence-electron chi connectivity index (χ0n) is 16.8. The third-order valence-electron chi connectivity index (χ3n) is 4.65. The largest absolute Gasteiger partial charge is 0.507 e. The fourth-order valence-electron chi connectivity index (χ4n) is 3.36. The Hall–Kier alpha value is -3.28. The quantitative estimate of drug-likeness (QED) is 0.617. The summed E-state index contributed by atoms with van der Waals surface area (Å²) in [7, 11) is 6.37. The van der Waals surface area contributed by atoms with Crippen LogP contribution in [0.2, 0.25) is 0 Å². The maximum Gasteiger partial charge on any atom is 0.161 e. The van der Waals surface area contributed by atoms with Crippen molar-refractivity contribution in [1.82, 2.24) is 0 Å². The highest BCUT2D eigenvalue weighted by Gasteiger charge is 2.19. The lowest BCUT2D eigenvalue weighted by Gasteiger charge is -2.19. The lowest BCUT2D eigenvalue weighted by atomic mass is 9.96. The minimum absolute atomic E-state index is 0.155. The first-order valence-electron chi connectivity index (χ1n) is 8.95. The van der Waals surface area contributed by atoms with E-state index in [2.05, 4.69) is 5.32 Å². The fourth-order valence-corrected chi connectivity index (χ4v) is 3.36. The van der Waals surface area contributed by atoms with Crippen LogP contribution in [0.4, 0.5) is 5.69 Å². The van der Waals surface area contributed by atoms with Crippen molar-refractivity contribution in [3.8, 4) is 39.9 Å². The van der Waals surface area contributed by atoms with Crippen LogP contribution < -0.4 is 24.3 Å². The molecule has 0 fully saturated rings. The minimum Gasteiger partial charge on any atom is -0.507 e. The average molecular weight is 383 g/mol. The number of methoxy groups -OCH3 is 4. The molecule has 2 N–H and O–H groups in total. The molecular weight excluding hydrogens is 358 g/mol. The second-order valence-electron chi connectivity index (χ2n) is 6.17. The molecule has 3 aromatic carbocycles. The first-order chi connectivity index (χ1) is 13.6. The van der Waals surface area contributed by atoms with E-state index in [1.54, 1.807) is 34.5 Å². The van der Waals surface area contributed by atoms with Crippen LogP contribution in [-0.4, -0.2) is 40.1 Å². The van der Waals surface area contributed by atoms with E-state index >= 15 is 0 Å². The van der Waals surface area contributed by atoms with Crippen molar-refractivity contribution in [1.29, 1.82) is 0 Å². The number of nitrogens with one attached hydrogen (secondary N) is 1. The number of hydrogen-bond donors (Lipinski definition) is 2. The van der Waals surface area contributed by atoms with E-state index in [0.29, 0.717) is 35.1 Å². The molecule has 28 heavy (non-hydrogen) atoms. The normalized spacial score (nSPS) is 10.6. The Morgan fingerprint density at radius 3 is 2.00 bits per heavy atom. The molecular formula is C22H25NO5. The molecule has 0 heterocycles. The molecule has 0 saturated heterocycles. The Balaban J connectivity index is 2.33. The third kappa shape index (κ3) is 3.33. The lowest BCUT2D eigenvalue weighted by Crippen LogP contribution is -2.01. The Morgan fingerprint density at radius 1 is 0.786 bits per heavy atom. The molecule has 0 amide bonds. The molecule has 3 rings (SSSR count). The third-order valence-corrected chi connectivity index (χ3v) is 4.65. The van der Waals surface area contributed by atoms with Gasteiger partial charge in [0.25, 0.3) is 0 Å². The molecule has 0 aromatic heterocycles. The summed E-state index contributed by atoms with van der Waals surface area (Å²) in [5.41, 5.74) is 2.30. The predicted octanol–water partition coefficient (Wildman–Crippen LogP) is 4.68. The van der Waals surface area contributed by atoms with E-state index in [9.17, 15) is 5.11 Å². The van der Waals surface area contributed by atoms with Crippen LogP contribution >= 0.6 is 0 Å². The number of aromatic hydroxyl groups is 1. The van der Waals surface area contributed by atoms with E-state index in [0.717, 1.165) is 22.0 Å². The Kier molecular flexibility index (Phi) is 5.68. The first kappa shape index (κ1) is 19.5. The summed E-state index contributed by atoms with van der Waals surface area (Å²) in [5.74, 6) is 2.61. The van der Waals surface area contributed by atoms with Gasteiger partial charge in [0.15, 0.2) is 23.0 Å². The molecule has 0 aliphatic carbocycles. The summed E-state index contributed by atoms with van der Waals surface area (Å²) in [5, 5.41) is 16.0. The number of anilines is 1. The summed E-state index contributed by atoms with van der Waals surface area (Å²) in [6.07, 6.45) is 0. The van der Waals surface area contributed by atoms with Crippen molar-refractivity contribution in [2.75, 3.05) is 40.3 Å². The highest BCUT2D eigenvalue weighted by Crippen LogP contribution is 2.46. The first-order valence-corrected chi connectivity index (χ1v) is 8.95. The van der Waals surface area contributed by atoms with Crippen LogP contribution in [-0.2, 0) is 0 Å². The summed E-state index contributed by atoms with van der Waals surface area (Å²) >= 11 is 0. The van der Waals surface area contributed by atoms with E-state index in [1.807, 2.05) is 37.3 Å². The van der Waals surface area contributed by atoms with Crippen molar-refractivity contribution < 1.29 is 24.1 Å². The van der Waals surface area contributed by atoms with Gasteiger partial charge in [0.2, 0.25) is 0 Å². The molecule has 0 aliphatic rings. The zero-order valence-corrected chi connectivity index (χ0v) is 16.8. The zero-order chi connectivity index (χ0) is 20.3. The van der Waals surface area contributed by atoms with Crippen molar-refractivity contribution in [3.63, 3.8) is 0 Å². The standard InChI is InChI=1S/C22H25NO5/c1-6-23-22-15-12-20(28-5)19(27-4)11-14(15)9-16(24)21(22)13-7-8-17(25-2)18(10-13)26-3/h7-12,23-24H,6H2,1-5H3. The van der Waals surface area contributed by atoms with Gasteiger partial charge in [-0.05, 0) is 48.2 Å². The lowest BCUT2D eigenvalue weighted by molar-refractivity contribution is 0.355. The van der Waals surface area contributed by atoms with E-state index in [-0.39, 0.29) is 5.75 Å². The molecule has 0 spiro atoms. The summed E-state index contributed by atoms with van der Waals surface area (Å²) < 4.78 is 21.6. The SMILES string of the molecule is CCNc1c(-c2ccc(OC)c(OC)c2)c(O)cc2cc(OC)c(OC)cc12. The van der Waals surface area contributed by atoms with E-state index in [4.69, 9.17) is 18.9 Å². The monoisotopic (exact) mass is 383 g/mol. The molecule has 148 valence electrons. The van der Waals surface area contributed by atoms with E-state index < -0.39 is 0 Å². The van der Waals surface area contributed by atoms with Crippen LogP contribution in [0.15, 0.2) is 36.4 Å². The smallest absolute Gasteiger partial charge is 0.161 e. The van der Waals surface area contributed by atoms with Crippen LogP contribution in [0.5, 0.6) is 28.7 Å². The van der Waals surface area contributed by atoms with Gasteiger partial charge in [-0.15, -0.1) is 0 Å². The van der Waals surface area contributed by atoms with Crippen LogP contribution in [0, 0.1) is 0 Å². The van der Waals surface area contributed by atoms with Crippen LogP contribution in [0.25, 0.3) is 21.9 Å². The Morgan fingerprint density at radius 2 is 1.39 bits per heavy atom. The average Bonchev–Trinajstić information content (AvgIpc) is 2.72. The molecule has 0 saturated carbocycles. The van der Waals surface area contributed by atoms with Crippen molar-refractivity contribution in [3.05, 3.63) is 36.4 Å². The number of hydrogen-bond acceptors (Lipinski definition) is 6. The summed E-state index contributed by atoms with van der Waals surface area (Å²) in [6.45, 7) is 2.70. The number of fused-ring (bicyclic) bond motifs is 1. The van der Waals surface area contributed by atoms with Crippen molar-refractivity contribution in [2.24, 2.45) is 0 Å². The van der Waals surface area contributed by atoms with Gasteiger partial charge >= 0.3 is 0 Å². The highest BCUT2D eigenvalue weighted by atomic mass is 16.5. The Bertz CT molecular complexity index is 1000. The van der Waals surface area contributed by atoms with Gasteiger partial charge in [-0.25, -0.2) is 0 Å². The summed E-state index contributed by atoms with van der Waals surface area (Å²) in [4.78, 5) is 0. The van der Waals surface area contributed by atoms with Crippen molar-refractivity contribution in [2.45, 2.75) is 6.92 Å². The summed E-state index contributed by atoms with van der Waals surface area (Å²) in [6, 6.07) is 11.1. The second-order valence-corrected chi connectivity index (χ2v) is 6.17. The highest BCUT2D eigenvalue weighted by molar-refractivity contribution is 6.05. The molecule has 3 aromatic rings. The fraction of sp³-hybridized carbons (Fsp3) is 0.273. The molecule has 0 atom stereocenters. The van der Waals surface area contributed by atoms with Gasteiger partial charge in [-0.1, -0.05) is 6.07 Å². The van der Waals surface area contributed by atoms with Crippen molar-refractivity contribution >= 4 is 16.5 Å². The number of phenols is 1. The number of benzene rings is 3. The van der Waals surface area contributed by atoms with Crippen LogP contribution in [0.3, 0.4) is 0 Å². The Labute approximate surface area is 164 Å². The van der Waals surface area contributed by atoms with Gasteiger partial charge < -0.3 is 29.4 Å². The number of phenolic OH excluding ortho intramolecular Hbond substituents is 1. The topological polar surface area (TPSA) is 69.2 Å². The maximum absolute atomic E-state index is 10.9. The molecule has 6 heteroatoms. The van der Waals surface area contributed by atoms with Gasteiger partial charge in [-0.3, -0.25) is 0 Å². The number of rotatable bonds is 7. The van der Waals surface area contributed by atoms with Gasteiger partial charge in [-0.2, -0.15) is 0 Å². The number of ether oxygens (including phenoxy) is 4. The van der Waals surface area contributed by atoms with E-state index in [1.165, 1.54) is 0 Å². The van der Waals surface area contributed by atoms with Crippen LogP contribution in [0.1, 0.15) is 6.92 Å². The molecule has 0 unspecified atom stereocenters. The maximum atomic E-state index is 10.9. The predicted molar refractivity (Wildman–Crippen MR) is 111 cm³/mol. The van der Waals surface area contributed by atoms with Gasteiger partial charge in [0.05, 0.1) is 34.1 Å². The molecule has 0 radical (unpaired) electrons. The molecule has 0 aliphatic heterocycles. The van der Waals surface area contributed by atoms with Gasteiger partial charge in [0.1, 0.15) is 5.75 Å². The minimum atomic E-state index is 0.155. The second kappa shape index (κ2) is 8.17. The van der Waals surface area contributed by atoms with Gasteiger partial charge in [0, 0.05) is 17.5 Å². The molecule has 6 nitrogen and oxygen atoms in total.